The first-order valence-corrected chi connectivity index (χ1v) is 8.04. The van der Waals surface area contributed by atoms with Crippen LogP contribution in [0.1, 0.15) is 24.4 Å². The van der Waals surface area contributed by atoms with Crippen LogP contribution in [-0.4, -0.2) is 19.7 Å². The van der Waals surface area contributed by atoms with E-state index in [0.717, 1.165) is 22.7 Å². The van der Waals surface area contributed by atoms with Gasteiger partial charge in [0.25, 0.3) is 0 Å². The zero-order valence-electron chi connectivity index (χ0n) is 14.0. The van der Waals surface area contributed by atoms with Crippen LogP contribution in [0.3, 0.4) is 0 Å². The van der Waals surface area contributed by atoms with Crippen LogP contribution >= 0.6 is 0 Å². The Morgan fingerprint density at radius 2 is 1.79 bits per heavy atom. The maximum Gasteiger partial charge on any atom is 0.163 e. The molecule has 0 saturated carbocycles. The molecule has 4 aromatic rings. The Hall–Kier alpha value is -2.95. The smallest absolute Gasteiger partial charge is 0.163 e. The van der Waals surface area contributed by atoms with E-state index in [1.54, 1.807) is 4.68 Å². The van der Waals surface area contributed by atoms with Gasteiger partial charge in [0, 0.05) is 7.05 Å². The van der Waals surface area contributed by atoms with Crippen LogP contribution in [0.5, 0.6) is 0 Å². The van der Waals surface area contributed by atoms with Gasteiger partial charge in [-0.3, -0.25) is 4.68 Å². The zero-order chi connectivity index (χ0) is 16.7. The van der Waals surface area contributed by atoms with Crippen LogP contribution in [0.25, 0.3) is 21.8 Å². The standard InChI is InChI=1S/C19H19N5/c1-12(15-10-6-8-14-7-4-5-9-16(14)15)21-18-17-11-20-24(3)19(17)23-13(2)22-18/h4-12H,1-3H3,(H,21,22,23)/t12-/m1/s1. The van der Waals surface area contributed by atoms with Gasteiger partial charge in [-0.2, -0.15) is 5.10 Å². The molecule has 120 valence electrons. The lowest BCUT2D eigenvalue weighted by molar-refractivity contribution is 0.782. The number of nitrogens with one attached hydrogen (secondary N) is 1. The Bertz CT molecular complexity index is 1030. The van der Waals surface area contributed by atoms with Gasteiger partial charge in [-0.1, -0.05) is 42.5 Å². The van der Waals surface area contributed by atoms with Crippen LogP contribution in [0, 0.1) is 6.92 Å². The molecule has 24 heavy (non-hydrogen) atoms. The Morgan fingerprint density at radius 3 is 2.67 bits per heavy atom. The summed E-state index contributed by atoms with van der Waals surface area (Å²) in [6.45, 7) is 4.06. The van der Waals surface area contributed by atoms with Gasteiger partial charge in [-0.05, 0) is 30.2 Å². The number of aromatic nitrogens is 4. The summed E-state index contributed by atoms with van der Waals surface area (Å²) < 4.78 is 1.78. The summed E-state index contributed by atoms with van der Waals surface area (Å²) in [4.78, 5) is 9.06. The maximum absolute atomic E-state index is 4.58. The van der Waals surface area contributed by atoms with Crippen molar-refractivity contribution >= 4 is 27.6 Å². The largest absolute Gasteiger partial charge is 0.363 e. The fraction of sp³-hybridized carbons (Fsp3) is 0.211. The third-order valence-electron chi connectivity index (χ3n) is 4.35. The molecule has 2 aromatic heterocycles. The molecule has 5 nitrogen and oxygen atoms in total. The highest BCUT2D eigenvalue weighted by Crippen LogP contribution is 2.28. The molecule has 0 amide bonds. The van der Waals surface area contributed by atoms with Crippen molar-refractivity contribution in [2.75, 3.05) is 5.32 Å². The number of nitrogens with zero attached hydrogens (tertiary/aromatic N) is 4. The van der Waals surface area contributed by atoms with Gasteiger partial charge in [-0.25, -0.2) is 9.97 Å². The first-order valence-electron chi connectivity index (χ1n) is 8.04. The molecule has 2 heterocycles. The van der Waals surface area contributed by atoms with E-state index in [1.807, 2.05) is 20.2 Å². The second kappa shape index (κ2) is 5.60. The molecule has 0 bridgehead atoms. The lowest BCUT2D eigenvalue weighted by Gasteiger charge is -2.18. The van der Waals surface area contributed by atoms with Crippen LogP contribution in [-0.2, 0) is 7.05 Å². The minimum atomic E-state index is 0.119. The number of benzene rings is 2. The van der Waals surface area contributed by atoms with Gasteiger partial charge in [0.15, 0.2) is 5.65 Å². The molecule has 4 rings (SSSR count). The lowest BCUT2D eigenvalue weighted by Crippen LogP contribution is -2.10. The van der Waals surface area contributed by atoms with Gasteiger partial charge >= 0.3 is 0 Å². The average molecular weight is 317 g/mol. The van der Waals surface area contributed by atoms with E-state index in [1.165, 1.54) is 16.3 Å². The fourth-order valence-corrected chi connectivity index (χ4v) is 3.15. The van der Waals surface area contributed by atoms with Gasteiger partial charge in [0.05, 0.1) is 17.6 Å². The number of aryl methyl sites for hydroxylation is 2. The Balaban J connectivity index is 1.78. The molecule has 0 spiro atoms. The summed E-state index contributed by atoms with van der Waals surface area (Å²) >= 11 is 0. The van der Waals surface area contributed by atoms with Crippen LogP contribution in [0.15, 0.2) is 48.7 Å². The molecular weight excluding hydrogens is 298 g/mol. The molecule has 0 unspecified atom stereocenters. The normalized spacial score (nSPS) is 12.6. The van der Waals surface area contributed by atoms with E-state index in [-0.39, 0.29) is 6.04 Å². The van der Waals surface area contributed by atoms with E-state index in [9.17, 15) is 0 Å². The fourth-order valence-electron chi connectivity index (χ4n) is 3.15. The topological polar surface area (TPSA) is 55.6 Å². The minimum Gasteiger partial charge on any atom is -0.363 e. The summed E-state index contributed by atoms with van der Waals surface area (Å²) in [5.41, 5.74) is 2.09. The van der Waals surface area contributed by atoms with Crippen molar-refractivity contribution in [2.24, 2.45) is 7.05 Å². The van der Waals surface area contributed by atoms with Crippen molar-refractivity contribution < 1.29 is 0 Å². The van der Waals surface area contributed by atoms with Gasteiger partial charge in [-0.15, -0.1) is 0 Å². The summed E-state index contributed by atoms with van der Waals surface area (Å²) in [7, 11) is 1.90. The molecule has 0 fully saturated rings. The highest BCUT2D eigenvalue weighted by atomic mass is 15.3. The molecule has 0 radical (unpaired) electrons. The monoisotopic (exact) mass is 317 g/mol. The van der Waals surface area contributed by atoms with Crippen LogP contribution in [0.2, 0.25) is 0 Å². The van der Waals surface area contributed by atoms with Crippen molar-refractivity contribution in [3.63, 3.8) is 0 Å². The number of anilines is 1. The average Bonchev–Trinajstić information content (AvgIpc) is 2.95. The summed E-state index contributed by atoms with van der Waals surface area (Å²) in [5, 5.41) is 11.3. The van der Waals surface area contributed by atoms with E-state index in [4.69, 9.17) is 0 Å². The number of fused-ring (bicyclic) bond motifs is 2. The van der Waals surface area contributed by atoms with Crippen molar-refractivity contribution in [3.8, 4) is 0 Å². The van der Waals surface area contributed by atoms with Gasteiger partial charge in [0.2, 0.25) is 0 Å². The highest BCUT2D eigenvalue weighted by molar-refractivity contribution is 5.88. The lowest BCUT2D eigenvalue weighted by atomic mass is 10.00. The Kier molecular flexibility index (Phi) is 3.41. The maximum atomic E-state index is 4.58. The number of hydrogen-bond acceptors (Lipinski definition) is 4. The van der Waals surface area contributed by atoms with E-state index < -0.39 is 0 Å². The minimum absolute atomic E-state index is 0.119. The Labute approximate surface area is 140 Å². The third-order valence-corrected chi connectivity index (χ3v) is 4.35. The SMILES string of the molecule is Cc1nc(N[C@H](C)c2cccc3ccccc23)c2cnn(C)c2n1. The van der Waals surface area contributed by atoms with E-state index in [2.05, 4.69) is 69.8 Å². The summed E-state index contributed by atoms with van der Waals surface area (Å²) in [6, 6.07) is 15.0. The Morgan fingerprint density at radius 1 is 1.00 bits per heavy atom. The predicted octanol–water partition coefficient (Wildman–Crippen LogP) is 4.00. The highest BCUT2D eigenvalue weighted by Gasteiger charge is 2.14. The molecule has 0 aliphatic rings. The van der Waals surface area contributed by atoms with Crippen LogP contribution in [0.4, 0.5) is 5.82 Å². The molecule has 1 N–H and O–H groups in total. The van der Waals surface area contributed by atoms with E-state index in [0.29, 0.717) is 0 Å². The van der Waals surface area contributed by atoms with Crippen molar-refractivity contribution in [2.45, 2.75) is 19.9 Å². The van der Waals surface area contributed by atoms with Gasteiger partial charge in [0.1, 0.15) is 11.6 Å². The molecule has 0 aliphatic heterocycles. The van der Waals surface area contributed by atoms with E-state index >= 15 is 0 Å². The quantitative estimate of drug-likeness (QED) is 0.620. The number of hydrogen-bond donors (Lipinski definition) is 1. The first kappa shape index (κ1) is 14.6. The summed E-state index contributed by atoms with van der Waals surface area (Å²) in [6.07, 6.45) is 1.81. The molecular formula is C19H19N5. The molecule has 5 heteroatoms. The van der Waals surface area contributed by atoms with Crippen molar-refractivity contribution in [3.05, 3.63) is 60.0 Å². The van der Waals surface area contributed by atoms with Gasteiger partial charge < -0.3 is 5.32 Å². The summed E-state index contributed by atoms with van der Waals surface area (Å²) in [5.74, 6) is 1.56. The predicted molar refractivity (Wildman–Crippen MR) is 97.0 cm³/mol. The van der Waals surface area contributed by atoms with Crippen molar-refractivity contribution in [1.82, 2.24) is 19.7 Å². The second-order valence-corrected chi connectivity index (χ2v) is 6.06. The molecule has 1 atom stereocenters. The molecule has 0 saturated heterocycles. The van der Waals surface area contributed by atoms with Crippen molar-refractivity contribution in [1.29, 1.82) is 0 Å². The number of rotatable bonds is 3. The molecule has 0 aliphatic carbocycles. The molecule has 2 aromatic carbocycles. The third kappa shape index (κ3) is 2.38. The second-order valence-electron chi connectivity index (χ2n) is 6.06. The zero-order valence-corrected chi connectivity index (χ0v) is 14.0. The van der Waals surface area contributed by atoms with Crippen LogP contribution < -0.4 is 5.32 Å². The first-order chi connectivity index (χ1) is 11.6.